The number of likely N-dealkylation sites (tertiary alicyclic amines) is 1. The highest BCUT2D eigenvalue weighted by Gasteiger charge is 2.55. The summed E-state index contributed by atoms with van der Waals surface area (Å²) in [7, 11) is 0. The van der Waals surface area contributed by atoms with E-state index < -0.39 is 5.60 Å². The quantitative estimate of drug-likeness (QED) is 0.657. The molecule has 28 heavy (non-hydrogen) atoms. The van der Waals surface area contributed by atoms with Crippen molar-refractivity contribution in [2.75, 3.05) is 13.1 Å². The molecule has 1 aliphatic carbocycles. The fraction of sp³-hybridized carbons (Fsp3) is 0.550. The van der Waals surface area contributed by atoms with Gasteiger partial charge in [-0.1, -0.05) is 0 Å². The topological polar surface area (TPSA) is 80.5 Å². The molecular formula is C20H25IN4O3. The maximum atomic E-state index is 12.2. The molecule has 0 aromatic carbocycles. The van der Waals surface area contributed by atoms with E-state index in [4.69, 9.17) is 9.84 Å². The Labute approximate surface area is 178 Å². The molecule has 1 saturated carbocycles. The highest BCUT2D eigenvalue weighted by Crippen LogP contribution is 2.54. The van der Waals surface area contributed by atoms with Gasteiger partial charge in [-0.15, -0.1) is 0 Å². The van der Waals surface area contributed by atoms with Crippen molar-refractivity contribution in [3.8, 4) is 11.3 Å². The molecule has 2 aromatic heterocycles. The Hall–Kier alpha value is -1.68. The summed E-state index contributed by atoms with van der Waals surface area (Å²) in [5.74, 6) is 0. The number of hydrogen-bond acceptors (Lipinski definition) is 5. The van der Waals surface area contributed by atoms with Crippen molar-refractivity contribution < 1.29 is 14.6 Å². The Morgan fingerprint density at radius 2 is 2.11 bits per heavy atom. The zero-order valence-corrected chi connectivity index (χ0v) is 18.5. The molecule has 8 heteroatoms. The van der Waals surface area contributed by atoms with Crippen molar-refractivity contribution in [1.29, 1.82) is 0 Å². The van der Waals surface area contributed by atoms with E-state index in [0.717, 1.165) is 46.5 Å². The maximum absolute atomic E-state index is 12.2. The van der Waals surface area contributed by atoms with Crippen molar-refractivity contribution in [3.63, 3.8) is 0 Å². The van der Waals surface area contributed by atoms with Crippen LogP contribution >= 0.6 is 22.6 Å². The van der Waals surface area contributed by atoms with E-state index >= 15 is 0 Å². The highest BCUT2D eigenvalue weighted by molar-refractivity contribution is 14.1. The number of rotatable bonds is 3. The average molecular weight is 496 g/mol. The Morgan fingerprint density at radius 3 is 2.68 bits per heavy atom. The molecule has 0 atom stereocenters. The first-order valence-electron chi connectivity index (χ1n) is 9.47. The van der Waals surface area contributed by atoms with Gasteiger partial charge in [0.05, 0.1) is 21.9 Å². The van der Waals surface area contributed by atoms with Gasteiger partial charge in [0, 0.05) is 36.5 Å². The van der Waals surface area contributed by atoms with Gasteiger partial charge in [-0.3, -0.25) is 9.67 Å². The van der Waals surface area contributed by atoms with Crippen molar-refractivity contribution in [2.24, 2.45) is 5.41 Å². The Kier molecular flexibility index (Phi) is 4.89. The maximum Gasteiger partial charge on any atom is 0.410 e. The zero-order valence-electron chi connectivity index (χ0n) is 16.4. The molecule has 0 radical (unpaired) electrons. The van der Waals surface area contributed by atoms with Crippen LogP contribution in [0.2, 0.25) is 0 Å². The van der Waals surface area contributed by atoms with E-state index in [0.29, 0.717) is 0 Å². The fourth-order valence-corrected chi connectivity index (χ4v) is 5.01. The lowest BCUT2D eigenvalue weighted by Crippen LogP contribution is -2.64. The van der Waals surface area contributed by atoms with E-state index in [1.807, 2.05) is 37.6 Å². The monoisotopic (exact) mass is 496 g/mol. The second kappa shape index (κ2) is 6.98. The largest absolute Gasteiger partial charge is 0.444 e. The normalized spacial score (nSPS) is 18.7. The third kappa shape index (κ3) is 3.52. The predicted octanol–water partition coefficient (Wildman–Crippen LogP) is 3.61. The molecule has 1 N–H and O–H groups in total. The van der Waals surface area contributed by atoms with Crippen molar-refractivity contribution >= 4 is 28.7 Å². The lowest BCUT2D eigenvalue weighted by atomic mass is 9.61. The summed E-state index contributed by atoms with van der Waals surface area (Å²) in [5, 5.41) is 14.7. The molecule has 2 aromatic rings. The number of ether oxygens (including phenoxy) is 1. The Morgan fingerprint density at radius 1 is 1.39 bits per heavy atom. The zero-order chi connectivity index (χ0) is 20.1. The number of amides is 1. The SMILES string of the molecule is CC(C)(C)OC(=O)N1CC2(CC(n3nc(-c4cccnc4)c(I)c3CO)C2)C1. The van der Waals surface area contributed by atoms with Gasteiger partial charge < -0.3 is 14.7 Å². The van der Waals surface area contributed by atoms with Gasteiger partial charge in [0.2, 0.25) is 0 Å². The van der Waals surface area contributed by atoms with E-state index in [2.05, 4.69) is 27.6 Å². The van der Waals surface area contributed by atoms with Crippen LogP contribution < -0.4 is 0 Å². The molecule has 2 fully saturated rings. The van der Waals surface area contributed by atoms with Crippen LogP contribution in [0, 0.1) is 8.99 Å². The summed E-state index contributed by atoms with van der Waals surface area (Å²) in [6, 6.07) is 4.12. The van der Waals surface area contributed by atoms with Crippen molar-refractivity contribution in [1.82, 2.24) is 19.7 Å². The van der Waals surface area contributed by atoms with E-state index in [1.165, 1.54) is 0 Å². The van der Waals surface area contributed by atoms with Gasteiger partial charge in [-0.05, 0) is 68.3 Å². The molecule has 1 spiro atoms. The van der Waals surface area contributed by atoms with Crippen LogP contribution in [0.4, 0.5) is 4.79 Å². The molecule has 2 aliphatic rings. The van der Waals surface area contributed by atoms with E-state index in [9.17, 15) is 9.90 Å². The van der Waals surface area contributed by atoms with Crippen LogP contribution in [-0.2, 0) is 11.3 Å². The number of carbonyl (C=O) groups excluding carboxylic acids is 1. The standard InChI is InChI=1S/C20H25IN4O3/c1-19(2,3)28-18(27)24-11-20(12-24)7-14(8-20)25-15(10-26)16(21)17(23-25)13-5-4-6-22-9-13/h4-6,9,14,26H,7-8,10-12H2,1-3H3. The van der Waals surface area contributed by atoms with Crippen LogP contribution in [0.1, 0.15) is 45.3 Å². The minimum Gasteiger partial charge on any atom is -0.444 e. The van der Waals surface area contributed by atoms with Crippen LogP contribution in [-0.4, -0.2) is 49.6 Å². The number of aliphatic hydroxyl groups excluding tert-OH is 1. The summed E-state index contributed by atoms with van der Waals surface area (Å²) in [5.41, 5.74) is 2.37. The molecule has 1 saturated heterocycles. The minimum atomic E-state index is -0.466. The molecule has 1 aliphatic heterocycles. The summed E-state index contributed by atoms with van der Waals surface area (Å²) in [6.45, 7) is 7.08. The average Bonchev–Trinajstić information content (AvgIpc) is 2.88. The van der Waals surface area contributed by atoms with Gasteiger partial charge >= 0.3 is 6.09 Å². The second-order valence-electron chi connectivity index (χ2n) is 8.85. The summed E-state index contributed by atoms with van der Waals surface area (Å²) in [4.78, 5) is 18.1. The third-order valence-electron chi connectivity index (χ3n) is 5.42. The summed E-state index contributed by atoms with van der Waals surface area (Å²) >= 11 is 2.25. The molecule has 0 bridgehead atoms. The second-order valence-corrected chi connectivity index (χ2v) is 9.93. The van der Waals surface area contributed by atoms with Gasteiger partial charge in [0.15, 0.2) is 0 Å². The highest BCUT2D eigenvalue weighted by atomic mass is 127. The fourth-order valence-electron chi connectivity index (χ4n) is 4.17. The minimum absolute atomic E-state index is 0.0426. The number of pyridine rings is 1. The van der Waals surface area contributed by atoms with Crippen molar-refractivity contribution in [3.05, 3.63) is 33.8 Å². The van der Waals surface area contributed by atoms with E-state index in [-0.39, 0.29) is 24.2 Å². The number of aromatic nitrogens is 3. The predicted molar refractivity (Wildman–Crippen MR) is 113 cm³/mol. The number of carbonyl (C=O) groups is 1. The first-order chi connectivity index (χ1) is 13.2. The Bertz CT molecular complexity index is 877. The molecule has 150 valence electrons. The molecule has 3 heterocycles. The van der Waals surface area contributed by atoms with Crippen LogP contribution in [0.15, 0.2) is 24.5 Å². The molecule has 1 amide bonds. The number of aliphatic hydroxyl groups is 1. The van der Waals surface area contributed by atoms with Gasteiger partial charge in [-0.25, -0.2) is 4.79 Å². The summed E-state index contributed by atoms with van der Waals surface area (Å²) in [6.07, 6.45) is 5.23. The molecule has 4 rings (SSSR count). The first kappa shape index (κ1) is 19.6. The smallest absolute Gasteiger partial charge is 0.410 e. The van der Waals surface area contributed by atoms with Crippen LogP contribution in [0.25, 0.3) is 11.3 Å². The lowest BCUT2D eigenvalue weighted by molar-refractivity contribution is -0.0935. The van der Waals surface area contributed by atoms with Gasteiger partial charge in [0.1, 0.15) is 11.3 Å². The van der Waals surface area contributed by atoms with E-state index in [1.54, 1.807) is 17.3 Å². The Balaban J connectivity index is 1.44. The van der Waals surface area contributed by atoms with Crippen LogP contribution in [0.3, 0.4) is 0 Å². The van der Waals surface area contributed by atoms with Crippen molar-refractivity contribution in [2.45, 2.75) is 51.9 Å². The van der Waals surface area contributed by atoms with Crippen LogP contribution in [0.5, 0.6) is 0 Å². The van der Waals surface area contributed by atoms with Gasteiger partial charge in [-0.2, -0.15) is 5.10 Å². The number of halogens is 1. The number of nitrogens with zero attached hydrogens (tertiary/aromatic N) is 4. The number of hydrogen-bond donors (Lipinski definition) is 1. The lowest BCUT2D eigenvalue weighted by Gasteiger charge is -2.58. The van der Waals surface area contributed by atoms with Gasteiger partial charge in [0.25, 0.3) is 0 Å². The first-order valence-corrected chi connectivity index (χ1v) is 10.6. The summed E-state index contributed by atoms with van der Waals surface area (Å²) < 4.78 is 8.40. The molecular weight excluding hydrogens is 471 g/mol. The molecule has 0 unspecified atom stereocenters. The third-order valence-corrected chi connectivity index (χ3v) is 6.55. The molecule has 7 nitrogen and oxygen atoms in total.